The van der Waals surface area contributed by atoms with Crippen molar-refractivity contribution in [2.24, 2.45) is 0 Å². The Morgan fingerprint density at radius 2 is 2.11 bits per heavy atom. The number of hydrogen-bond donors (Lipinski definition) is 1. The number of anilines is 1. The molecule has 0 aliphatic carbocycles. The monoisotopic (exact) mass is 260 g/mol. The summed E-state index contributed by atoms with van der Waals surface area (Å²) < 4.78 is 0. The lowest BCUT2D eigenvalue weighted by atomic mass is 9.80. The smallest absolute Gasteiger partial charge is 0.0403 e. The summed E-state index contributed by atoms with van der Waals surface area (Å²) in [5, 5.41) is 3.49. The predicted octanol–water partition coefficient (Wildman–Crippen LogP) is 3.91. The number of fused-ring (bicyclic) bond motifs is 1. The zero-order valence-corrected chi connectivity index (χ0v) is 13.1. The minimum atomic E-state index is 0.258. The van der Waals surface area contributed by atoms with E-state index in [0.717, 1.165) is 13.1 Å². The van der Waals surface area contributed by atoms with Gasteiger partial charge >= 0.3 is 0 Å². The van der Waals surface area contributed by atoms with Gasteiger partial charge in [-0.1, -0.05) is 26.0 Å². The quantitative estimate of drug-likeness (QED) is 0.826. The molecule has 2 rings (SSSR count). The van der Waals surface area contributed by atoms with Crippen LogP contribution in [0.2, 0.25) is 0 Å². The number of nitrogens with one attached hydrogen (secondary N) is 1. The van der Waals surface area contributed by atoms with Crippen LogP contribution in [0, 0.1) is 0 Å². The third-order valence-electron chi connectivity index (χ3n) is 4.45. The maximum atomic E-state index is 3.49. The molecule has 1 N–H and O–H groups in total. The molecule has 0 saturated heterocycles. The van der Waals surface area contributed by atoms with Crippen LogP contribution in [0.3, 0.4) is 0 Å². The van der Waals surface area contributed by atoms with Crippen LogP contribution < -0.4 is 10.2 Å². The predicted molar refractivity (Wildman–Crippen MR) is 84.0 cm³/mol. The van der Waals surface area contributed by atoms with E-state index in [1.54, 1.807) is 0 Å². The highest BCUT2D eigenvalue weighted by atomic mass is 15.2. The second-order valence-corrected chi connectivity index (χ2v) is 6.55. The third-order valence-corrected chi connectivity index (χ3v) is 4.45. The highest BCUT2D eigenvalue weighted by Gasteiger charge is 2.33. The van der Waals surface area contributed by atoms with Crippen molar-refractivity contribution < 1.29 is 0 Å². The maximum Gasteiger partial charge on any atom is 0.0403 e. The van der Waals surface area contributed by atoms with Crippen LogP contribution >= 0.6 is 0 Å². The van der Waals surface area contributed by atoms with Crippen molar-refractivity contribution in [1.29, 1.82) is 0 Å². The second-order valence-electron chi connectivity index (χ2n) is 6.55. The van der Waals surface area contributed by atoms with Gasteiger partial charge < -0.3 is 10.2 Å². The first kappa shape index (κ1) is 14.4. The molecule has 2 nitrogen and oxygen atoms in total. The zero-order chi connectivity index (χ0) is 14.0. The van der Waals surface area contributed by atoms with Crippen LogP contribution in [0.5, 0.6) is 0 Å². The lowest BCUT2D eigenvalue weighted by Crippen LogP contribution is -2.45. The van der Waals surface area contributed by atoms with Gasteiger partial charge in [-0.05, 0) is 56.3 Å². The molecule has 19 heavy (non-hydrogen) atoms. The Kier molecular flexibility index (Phi) is 4.19. The number of nitrogens with zero attached hydrogens (tertiary/aromatic N) is 1. The minimum Gasteiger partial charge on any atom is -0.369 e. The Morgan fingerprint density at radius 3 is 2.79 bits per heavy atom. The van der Waals surface area contributed by atoms with Gasteiger partial charge in [0, 0.05) is 24.8 Å². The molecular formula is C17H28N2. The van der Waals surface area contributed by atoms with Crippen molar-refractivity contribution in [2.75, 3.05) is 18.5 Å². The van der Waals surface area contributed by atoms with Crippen LogP contribution in [-0.2, 0) is 6.54 Å². The molecule has 1 heterocycles. The summed E-state index contributed by atoms with van der Waals surface area (Å²) >= 11 is 0. The van der Waals surface area contributed by atoms with Crippen LogP contribution in [0.25, 0.3) is 0 Å². The van der Waals surface area contributed by atoms with Crippen molar-refractivity contribution in [3.8, 4) is 0 Å². The molecule has 0 unspecified atom stereocenters. The van der Waals surface area contributed by atoms with Crippen LogP contribution in [0.1, 0.15) is 57.6 Å². The van der Waals surface area contributed by atoms with E-state index in [0.29, 0.717) is 5.92 Å². The average Bonchev–Trinajstić information content (AvgIpc) is 2.36. The summed E-state index contributed by atoms with van der Waals surface area (Å²) in [5.74, 6) is 0.646. The van der Waals surface area contributed by atoms with Gasteiger partial charge in [0.1, 0.15) is 0 Å². The van der Waals surface area contributed by atoms with Crippen molar-refractivity contribution in [3.63, 3.8) is 0 Å². The van der Waals surface area contributed by atoms with Crippen molar-refractivity contribution in [3.05, 3.63) is 29.3 Å². The van der Waals surface area contributed by atoms with Crippen molar-refractivity contribution >= 4 is 5.69 Å². The highest BCUT2D eigenvalue weighted by Crippen LogP contribution is 2.42. The van der Waals surface area contributed by atoms with Gasteiger partial charge in [0.15, 0.2) is 0 Å². The first-order chi connectivity index (χ1) is 8.95. The molecule has 0 aromatic heterocycles. The number of rotatable bonds is 4. The first-order valence-electron chi connectivity index (χ1n) is 7.53. The van der Waals surface area contributed by atoms with Gasteiger partial charge in [-0.3, -0.25) is 0 Å². The summed E-state index contributed by atoms with van der Waals surface area (Å²) in [6.07, 6.45) is 2.42. The Morgan fingerprint density at radius 1 is 1.37 bits per heavy atom. The molecule has 1 atom stereocenters. The van der Waals surface area contributed by atoms with Crippen molar-refractivity contribution in [1.82, 2.24) is 5.32 Å². The fraction of sp³-hybridized carbons (Fsp3) is 0.647. The lowest BCUT2D eigenvalue weighted by molar-refractivity contribution is 0.395. The molecule has 1 aliphatic heterocycles. The Bertz CT molecular complexity index is 437. The average molecular weight is 260 g/mol. The van der Waals surface area contributed by atoms with E-state index >= 15 is 0 Å². The molecule has 0 saturated carbocycles. The molecule has 0 bridgehead atoms. The highest BCUT2D eigenvalue weighted by molar-refractivity contribution is 5.60. The fourth-order valence-electron chi connectivity index (χ4n) is 3.15. The molecule has 0 fully saturated rings. The van der Waals surface area contributed by atoms with E-state index in [9.17, 15) is 0 Å². The molecule has 0 spiro atoms. The van der Waals surface area contributed by atoms with Gasteiger partial charge in [-0.15, -0.1) is 0 Å². The molecule has 2 heteroatoms. The SMILES string of the molecule is CCCNCc1ccc2c(c1)[C@H](C)CC(C)(C)N2C. The summed E-state index contributed by atoms with van der Waals surface area (Å²) in [5.41, 5.74) is 4.58. The maximum absolute atomic E-state index is 3.49. The Hall–Kier alpha value is -1.02. The summed E-state index contributed by atoms with van der Waals surface area (Å²) in [6.45, 7) is 11.3. The molecule has 106 valence electrons. The van der Waals surface area contributed by atoms with Crippen LogP contribution in [0.15, 0.2) is 18.2 Å². The summed E-state index contributed by atoms with van der Waals surface area (Å²) in [6, 6.07) is 6.97. The molecular weight excluding hydrogens is 232 g/mol. The minimum absolute atomic E-state index is 0.258. The van der Waals surface area contributed by atoms with Gasteiger partial charge in [0.05, 0.1) is 0 Å². The fourth-order valence-corrected chi connectivity index (χ4v) is 3.15. The lowest BCUT2D eigenvalue weighted by Gasteiger charge is -2.45. The Balaban J connectivity index is 2.23. The summed E-state index contributed by atoms with van der Waals surface area (Å²) in [4.78, 5) is 2.44. The third kappa shape index (κ3) is 2.94. The van der Waals surface area contributed by atoms with E-state index in [1.807, 2.05) is 0 Å². The van der Waals surface area contributed by atoms with E-state index in [2.05, 4.69) is 63.2 Å². The molecule has 0 amide bonds. The van der Waals surface area contributed by atoms with E-state index in [4.69, 9.17) is 0 Å². The first-order valence-corrected chi connectivity index (χ1v) is 7.53. The van der Waals surface area contributed by atoms with Crippen molar-refractivity contribution in [2.45, 2.75) is 58.5 Å². The van der Waals surface area contributed by atoms with Gasteiger partial charge in [-0.2, -0.15) is 0 Å². The van der Waals surface area contributed by atoms with Gasteiger partial charge in [0.2, 0.25) is 0 Å². The standard InChI is InChI=1S/C17H28N2/c1-6-9-18-12-14-7-8-16-15(10-14)13(2)11-17(3,4)19(16)5/h7-8,10,13,18H,6,9,11-12H2,1-5H3/t13-/m1/s1. The van der Waals surface area contributed by atoms with E-state index in [1.165, 1.54) is 29.7 Å². The second kappa shape index (κ2) is 5.54. The zero-order valence-electron chi connectivity index (χ0n) is 13.1. The van der Waals surface area contributed by atoms with E-state index in [-0.39, 0.29) is 5.54 Å². The molecule has 1 aliphatic rings. The summed E-state index contributed by atoms with van der Waals surface area (Å²) in [7, 11) is 2.22. The molecule has 0 radical (unpaired) electrons. The normalized spacial score (nSPS) is 21.3. The molecule has 1 aromatic carbocycles. The van der Waals surface area contributed by atoms with Gasteiger partial charge in [-0.25, -0.2) is 0 Å². The molecule has 1 aromatic rings. The van der Waals surface area contributed by atoms with Gasteiger partial charge in [0.25, 0.3) is 0 Å². The Labute approximate surface area is 118 Å². The number of benzene rings is 1. The van der Waals surface area contributed by atoms with Crippen LogP contribution in [-0.4, -0.2) is 19.1 Å². The topological polar surface area (TPSA) is 15.3 Å². The number of hydrogen-bond acceptors (Lipinski definition) is 2. The largest absolute Gasteiger partial charge is 0.369 e. The van der Waals surface area contributed by atoms with E-state index < -0.39 is 0 Å². The van der Waals surface area contributed by atoms with Crippen LogP contribution in [0.4, 0.5) is 5.69 Å².